The summed E-state index contributed by atoms with van der Waals surface area (Å²) in [6, 6.07) is 0. The number of rotatable bonds is 7. The minimum absolute atomic E-state index is 0.0131. The number of hydrogen-bond donors (Lipinski definition) is 1. The van der Waals surface area contributed by atoms with Crippen LogP contribution in [0, 0.1) is 0 Å². The van der Waals surface area contributed by atoms with Crippen molar-refractivity contribution in [1.82, 2.24) is 5.32 Å². The average molecular weight is 319 g/mol. The van der Waals surface area contributed by atoms with Crippen LogP contribution < -0.4 is 5.32 Å². The van der Waals surface area contributed by atoms with Gasteiger partial charge in [0.2, 0.25) is 5.91 Å². The van der Waals surface area contributed by atoms with E-state index in [9.17, 15) is 4.79 Å². The molecular formula is C14H25NO3S2. The van der Waals surface area contributed by atoms with Gasteiger partial charge >= 0.3 is 0 Å². The third-order valence-electron chi connectivity index (χ3n) is 3.50. The second-order valence-corrected chi connectivity index (χ2v) is 8.62. The standard InChI is InChI=1S/C14H25NO3S2/c1-14(2)17-10-11(18-14)9-15-13(16)6-4-3-5-12-7-8-19-20-12/h11-12H,3-10H2,1-2H3,(H,15,16). The van der Waals surface area contributed by atoms with Crippen molar-refractivity contribution in [2.75, 3.05) is 18.9 Å². The largest absolute Gasteiger partial charge is 0.353 e. The Labute approximate surface area is 129 Å². The van der Waals surface area contributed by atoms with E-state index in [1.807, 2.05) is 35.4 Å². The van der Waals surface area contributed by atoms with E-state index in [0.29, 0.717) is 19.6 Å². The van der Waals surface area contributed by atoms with E-state index < -0.39 is 5.79 Å². The molecule has 0 spiro atoms. The molecule has 6 heteroatoms. The SMILES string of the molecule is CC1(C)OCC(CNC(=O)CCCCC2CCSS2)O1. The van der Waals surface area contributed by atoms with E-state index in [2.05, 4.69) is 5.32 Å². The maximum Gasteiger partial charge on any atom is 0.220 e. The van der Waals surface area contributed by atoms with Crippen molar-refractivity contribution < 1.29 is 14.3 Å². The van der Waals surface area contributed by atoms with Gasteiger partial charge in [0, 0.05) is 24.0 Å². The van der Waals surface area contributed by atoms with Gasteiger partial charge in [-0.25, -0.2) is 0 Å². The summed E-state index contributed by atoms with van der Waals surface area (Å²) in [6.07, 6.45) is 5.33. The first kappa shape index (κ1) is 16.5. The average Bonchev–Trinajstić information content (AvgIpc) is 3.01. The van der Waals surface area contributed by atoms with Crippen molar-refractivity contribution in [2.24, 2.45) is 0 Å². The minimum atomic E-state index is -0.508. The summed E-state index contributed by atoms with van der Waals surface area (Å²) < 4.78 is 11.1. The number of ether oxygens (including phenoxy) is 2. The van der Waals surface area contributed by atoms with Gasteiger partial charge in [-0.1, -0.05) is 28.0 Å². The highest BCUT2D eigenvalue weighted by Gasteiger charge is 2.32. The van der Waals surface area contributed by atoms with Gasteiger partial charge in [-0.15, -0.1) is 0 Å². The van der Waals surface area contributed by atoms with Crippen molar-refractivity contribution in [2.45, 2.75) is 63.1 Å². The van der Waals surface area contributed by atoms with Crippen LogP contribution in [0.25, 0.3) is 0 Å². The van der Waals surface area contributed by atoms with Crippen LogP contribution in [-0.2, 0) is 14.3 Å². The van der Waals surface area contributed by atoms with Gasteiger partial charge in [-0.2, -0.15) is 0 Å². The van der Waals surface area contributed by atoms with E-state index in [1.54, 1.807) is 0 Å². The molecule has 2 fully saturated rings. The Morgan fingerprint density at radius 3 is 2.90 bits per heavy atom. The van der Waals surface area contributed by atoms with Crippen LogP contribution in [0.3, 0.4) is 0 Å². The number of unbranched alkanes of at least 4 members (excludes halogenated alkanes) is 1. The Hall–Kier alpha value is 0.0900. The highest BCUT2D eigenvalue weighted by Crippen LogP contribution is 2.39. The predicted molar refractivity (Wildman–Crippen MR) is 84.8 cm³/mol. The predicted octanol–water partition coefficient (Wildman–Crippen LogP) is 2.97. The second-order valence-electron chi connectivity index (χ2n) is 5.83. The van der Waals surface area contributed by atoms with Gasteiger partial charge in [0.25, 0.3) is 0 Å². The third-order valence-corrected chi connectivity index (χ3v) is 6.51. The molecular weight excluding hydrogens is 294 g/mol. The summed E-state index contributed by atoms with van der Waals surface area (Å²) in [5.41, 5.74) is 0. The van der Waals surface area contributed by atoms with E-state index in [0.717, 1.165) is 18.1 Å². The Balaban J connectivity index is 1.48. The molecule has 2 unspecified atom stereocenters. The normalized spacial score (nSPS) is 28.7. The molecule has 0 aromatic rings. The van der Waals surface area contributed by atoms with Crippen molar-refractivity contribution in [3.63, 3.8) is 0 Å². The molecule has 0 aliphatic carbocycles. The van der Waals surface area contributed by atoms with E-state index in [4.69, 9.17) is 9.47 Å². The molecule has 2 rings (SSSR count). The quantitative estimate of drug-likeness (QED) is 0.577. The first-order chi connectivity index (χ1) is 9.55. The molecule has 2 aliphatic rings. The fourth-order valence-corrected chi connectivity index (χ4v) is 5.43. The maximum atomic E-state index is 11.7. The molecule has 4 nitrogen and oxygen atoms in total. The fourth-order valence-electron chi connectivity index (χ4n) is 2.40. The zero-order valence-corrected chi connectivity index (χ0v) is 14.0. The molecule has 0 aromatic carbocycles. The van der Waals surface area contributed by atoms with Gasteiger partial charge < -0.3 is 14.8 Å². The Morgan fingerprint density at radius 2 is 2.25 bits per heavy atom. The van der Waals surface area contributed by atoms with Gasteiger partial charge in [0.05, 0.1) is 6.61 Å². The van der Waals surface area contributed by atoms with E-state index in [1.165, 1.54) is 18.6 Å². The van der Waals surface area contributed by atoms with Crippen LogP contribution >= 0.6 is 21.6 Å². The molecule has 0 aromatic heterocycles. The summed E-state index contributed by atoms with van der Waals surface area (Å²) in [6.45, 7) is 4.91. The Bertz CT molecular complexity index is 320. The molecule has 20 heavy (non-hydrogen) atoms. The molecule has 2 saturated heterocycles. The van der Waals surface area contributed by atoms with Gasteiger partial charge in [-0.3, -0.25) is 4.79 Å². The number of hydrogen-bond acceptors (Lipinski definition) is 5. The van der Waals surface area contributed by atoms with Crippen LogP contribution in [0.5, 0.6) is 0 Å². The monoisotopic (exact) mass is 319 g/mol. The second kappa shape index (κ2) is 7.92. The lowest BCUT2D eigenvalue weighted by Crippen LogP contribution is -2.34. The van der Waals surface area contributed by atoms with Crippen molar-refractivity contribution in [3.05, 3.63) is 0 Å². The van der Waals surface area contributed by atoms with Crippen LogP contribution in [-0.4, -0.2) is 42.0 Å². The van der Waals surface area contributed by atoms with Crippen LogP contribution in [0.15, 0.2) is 0 Å². The number of carbonyl (C=O) groups is 1. The molecule has 1 N–H and O–H groups in total. The van der Waals surface area contributed by atoms with Crippen molar-refractivity contribution in [3.8, 4) is 0 Å². The molecule has 2 heterocycles. The summed E-state index contributed by atoms with van der Waals surface area (Å²) in [5, 5.41) is 3.75. The van der Waals surface area contributed by atoms with Crippen LogP contribution in [0.1, 0.15) is 46.0 Å². The van der Waals surface area contributed by atoms with Crippen molar-refractivity contribution in [1.29, 1.82) is 0 Å². The molecule has 0 bridgehead atoms. The van der Waals surface area contributed by atoms with E-state index >= 15 is 0 Å². The zero-order chi connectivity index (χ0) is 14.4. The number of carbonyl (C=O) groups excluding carboxylic acids is 1. The van der Waals surface area contributed by atoms with Crippen LogP contribution in [0.2, 0.25) is 0 Å². The Morgan fingerprint density at radius 1 is 1.40 bits per heavy atom. The molecule has 1 amide bonds. The molecule has 2 atom stereocenters. The smallest absolute Gasteiger partial charge is 0.220 e. The molecule has 2 aliphatic heterocycles. The molecule has 0 saturated carbocycles. The lowest BCUT2D eigenvalue weighted by atomic mass is 10.1. The highest BCUT2D eigenvalue weighted by atomic mass is 33.1. The first-order valence-electron chi connectivity index (χ1n) is 7.42. The minimum Gasteiger partial charge on any atom is -0.353 e. The zero-order valence-electron chi connectivity index (χ0n) is 12.4. The summed E-state index contributed by atoms with van der Waals surface area (Å²) >= 11 is 0. The topological polar surface area (TPSA) is 47.6 Å². The molecule has 0 radical (unpaired) electrons. The summed E-state index contributed by atoms with van der Waals surface area (Å²) in [4.78, 5) is 11.7. The lowest BCUT2D eigenvalue weighted by Gasteiger charge is -2.17. The van der Waals surface area contributed by atoms with Crippen LogP contribution in [0.4, 0.5) is 0 Å². The van der Waals surface area contributed by atoms with Crippen molar-refractivity contribution >= 4 is 27.5 Å². The lowest BCUT2D eigenvalue weighted by molar-refractivity contribution is -0.139. The van der Waals surface area contributed by atoms with Gasteiger partial charge in [-0.05, 0) is 33.1 Å². The van der Waals surface area contributed by atoms with Gasteiger partial charge in [0.15, 0.2) is 5.79 Å². The molecule has 116 valence electrons. The van der Waals surface area contributed by atoms with E-state index in [-0.39, 0.29) is 12.0 Å². The van der Waals surface area contributed by atoms with Gasteiger partial charge in [0.1, 0.15) is 6.10 Å². The number of nitrogens with one attached hydrogen (secondary N) is 1. The summed E-state index contributed by atoms with van der Waals surface area (Å²) in [7, 11) is 3.99. The highest BCUT2D eigenvalue weighted by molar-refractivity contribution is 8.77. The fraction of sp³-hybridized carbons (Fsp3) is 0.929. The first-order valence-corrected chi connectivity index (χ1v) is 9.80. The summed E-state index contributed by atoms with van der Waals surface area (Å²) in [5.74, 6) is 0.911. The number of amides is 1. The maximum absolute atomic E-state index is 11.7. The third kappa shape index (κ3) is 5.84. The Kier molecular flexibility index (Phi) is 6.52.